The average molecular weight is 497 g/mol. The van der Waals surface area contributed by atoms with Crippen molar-refractivity contribution in [2.75, 3.05) is 40.3 Å². The fourth-order valence-electron chi connectivity index (χ4n) is 3.95. The van der Waals surface area contributed by atoms with Gasteiger partial charge in [0, 0.05) is 11.0 Å². The lowest BCUT2D eigenvalue weighted by Gasteiger charge is -2.37. The second-order valence-electron chi connectivity index (χ2n) is 7.81. The maximum Gasteiger partial charge on any atom is 0.306 e. The van der Waals surface area contributed by atoms with E-state index in [-0.39, 0.29) is 30.9 Å². The normalized spacial score (nSPS) is 12.1. The van der Waals surface area contributed by atoms with E-state index in [0.717, 1.165) is 28.2 Å². The molecule has 1 atom stereocenters. The van der Waals surface area contributed by atoms with E-state index in [0.29, 0.717) is 5.75 Å². The van der Waals surface area contributed by atoms with Crippen LogP contribution in [0.2, 0.25) is 0 Å². The Balaban J connectivity index is 2.12. The van der Waals surface area contributed by atoms with Crippen LogP contribution in [0.15, 0.2) is 78.9 Å². The van der Waals surface area contributed by atoms with Gasteiger partial charge < -0.3 is 24.1 Å². The Morgan fingerprint density at radius 3 is 1.80 bits per heavy atom. The molecule has 3 aromatic carbocycles. The first-order valence-electron chi connectivity index (χ1n) is 11.3. The largest absolute Gasteiger partial charge is 0.497 e. The smallest absolute Gasteiger partial charge is 0.306 e. The molecule has 0 heterocycles. The van der Waals surface area contributed by atoms with Crippen LogP contribution >= 0.6 is 11.8 Å². The van der Waals surface area contributed by atoms with E-state index in [4.69, 9.17) is 18.9 Å². The highest BCUT2D eigenvalue weighted by atomic mass is 32.2. The SMILES string of the molecule is COC(=O)CC(COC(c1ccccc1)(c1ccc(OC)cc1)c1ccc(OC)cc1)SCCO. The lowest BCUT2D eigenvalue weighted by atomic mass is 9.80. The third kappa shape index (κ3) is 6.57. The summed E-state index contributed by atoms with van der Waals surface area (Å²) in [5.74, 6) is 1.66. The maximum atomic E-state index is 12.1. The molecule has 0 aliphatic carbocycles. The van der Waals surface area contributed by atoms with Crippen LogP contribution in [0.25, 0.3) is 0 Å². The van der Waals surface area contributed by atoms with Gasteiger partial charge in [-0.1, -0.05) is 54.6 Å². The highest BCUT2D eigenvalue weighted by molar-refractivity contribution is 7.99. The first-order chi connectivity index (χ1) is 17.1. The predicted molar refractivity (Wildman–Crippen MR) is 138 cm³/mol. The van der Waals surface area contributed by atoms with Crippen LogP contribution in [0, 0.1) is 0 Å². The van der Waals surface area contributed by atoms with Crippen molar-refractivity contribution < 1.29 is 28.8 Å². The first-order valence-corrected chi connectivity index (χ1v) is 12.4. The number of rotatable bonds is 13. The van der Waals surface area contributed by atoms with Crippen molar-refractivity contribution in [3.8, 4) is 11.5 Å². The molecule has 1 N–H and O–H groups in total. The third-order valence-corrected chi connectivity index (χ3v) is 6.92. The number of hydrogen-bond donors (Lipinski definition) is 1. The summed E-state index contributed by atoms with van der Waals surface area (Å²) in [7, 11) is 4.64. The van der Waals surface area contributed by atoms with Crippen molar-refractivity contribution in [2.24, 2.45) is 0 Å². The molecule has 0 aliphatic heterocycles. The zero-order chi connectivity index (χ0) is 25.1. The number of aliphatic hydroxyl groups is 1. The van der Waals surface area contributed by atoms with Gasteiger partial charge in [-0.25, -0.2) is 0 Å². The minimum atomic E-state index is -0.964. The Bertz CT molecular complexity index is 990. The predicted octanol–water partition coefficient (Wildman–Crippen LogP) is 4.67. The van der Waals surface area contributed by atoms with Gasteiger partial charge in [0.15, 0.2) is 0 Å². The van der Waals surface area contributed by atoms with Gasteiger partial charge in [0.2, 0.25) is 0 Å². The molecule has 0 fully saturated rings. The van der Waals surface area contributed by atoms with Gasteiger partial charge in [0.25, 0.3) is 0 Å². The summed E-state index contributed by atoms with van der Waals surface area (Å²) in [5.41, 5.74) is 1.81. The molecular weight excluding hydrogens is 464 g/mol. The summed E-state index contributed by atoms with van der Waals surface area (Å²) in [6, 6.07) is 25.6. The number of thioether (sulfide) groups is 1. The molecule has 0 saturated heterocycles. The monoisotopic (exact) mass is 496 g/mol. The summed E-state index contributed by atoms with van der Waals surface area (Å²) < 4.78 is 22.5. The molecule has 0 spiro atoms. The van der Waals surface area contributed by atoms with Gasteiger partial charge in [-0.15, -0.1) is 0 Å². The standard InChI is InChI=1S/C28H32O6S/c1-31-24-13-9-22(10-14-24)28(21-7-5-4-6-8-21,23-11-15-25(32-2)16-12-23)34-20-26(35-18-17-29)19-27(30)33-3/h4-16,26,29H,17-20H2,1-3H3. The van der Waals surface area contributed by atoms with Crippen molar-refractivity contribution in [3.05, 3.63) is 95.6 Å². The Kier molecular flexibility index (Phi) is 10.0. The number of carbonyl (C=O) groups excluding carboxylic acids is 1. The highest BCUT2D eigenvalue weighted by Crippen LogP contribution is 2.42. The Hall–Kier alpha value is -3.00. The molecule has 0 bridgehead atoms. The van der Waals surface area contributed by atoms with Gasteiger partial charge in [-0.2, -0.15) is 11.8 Å². The number of ether oxygens (including phenoxy) is 4. The fraction of sp³-hybridized carbons (Fsp3) is 0.321. The summed E-state index contributed by atoms with van der Waals surface area (Å²) in [6.45, 7) is 0.274. The molecule has 0 aliphatic rings. The lowest BCUT2D eigenvalue weighted by Crippen LogP contribution is -2.36. The summed E-state index contributed by atoms with van der Waals surface area (Å²) >= 11 is 1.49. The number of methoxy groups -OCH3 is 3. The molecule has 1 unspecified atom stereocenters. The first kappa shape index (κ1) is 26.6. The summed E-state index contributed by atoms with van der Waals surface area (Å²) in [6.07, 6.45) is 0.178. The molecule has 0 amide bonds. The number of carbonyl (C=O) groups is 1. The molecule has 0 aromatic heterocycles. The van der Waals surface area contributed by atoms with Crippen LogP contribution in [0.1, 0.15) is 23.1 Å². The van der Waals surface area contributed by atoms with Crippen LogP contribution in [0.3, 0.4) is 0 Å². The number of benzene rings is 3. The molecule has 7 heteroatoms. The van der Waals surface area contributed by atoms with E-state index in [1.807, 2.05) is 78.9 Å². The van der Waals surface area contributed by atoms with Crippen LogP contribution in [-0.2, 0) is 19.9 Å². The number of hydrogen-bond acceptors (Lipinski definition) is 7. The number of esters is 1. The van der Waals surface area contributed by atoms with E-state index in [1.54, 1.807) is 14.2 Å². The molecule has 0 saturated carbocycles. The molecule has 3 rings (SSSR count). The Morgan fingerprint density at radius 2 is 1.34 bits per heavy atom. The topological polar surface area (TPSA) is 74.2 Å². The van der Waals surface area contributed by atoms with Crippen molar-refractivity contribution >= 4 is 17.7 Å². The molecular formula is C28H32O6S. The Labute approximate surface area is 211 Å². The van der Waals surface area contributed by atoms with Gasteiger partial charge in [0.05, 0.1) is 41.0 Å². The second kappa shape index (κ2) is 13.2. The van der Waals surface area contributed by atoms with Crippen molar-refractivity contribution in [2.45, 2.75) is 17.3 Å². The molecule has 186 valence electrons. The molecule has 0 radical (unpaired) electrons. The molecule has 3 aromatic rings. The summed E-state index contributed by atoms with van der Waals surface area (Å²) in [4.78, 5) is 12.1. The summed E-state index contributed by atoms with van der Waals surface area (Å²) in [5, 5.41) is 9.17. The van der Waals surface area contributed by atoms with E-state index in [1.165, 1.54) is 18.9 Å². The highest BCUT2D eigenvalue weighted by Gasteiger charge is 2.38. The number of aliphatic hydroxyl groups excluding tert-OH is 1. The third-order valence-electron chi connectivity index (χ3n) is 5.73. The molecule has 35 heavy (non-hydrogen) atoms. The van der Waals surface area contributed by atoms with Crippen LogP contribution in [0.5, 0.6) is 11.5 Å². The van der Waals surface area contributed by atoms with Gasteiger partial charge in [-0.05, 0) is 41.0 Å². The van der Waals surface area contributed by atoms with Crippen molar-refractivity contribution in [1.82, 2.24) is 0 Å². The van der Waals surface area contributed by atoms with Crippen LogP contribution in [-0.4, -0.2) is 56.6 Å². The van der Waals surface area contributed by atoms with Crippen molar-refractivity contribution in [1.29, 1.82) is 0 Å². The van der Waals surface area contributed by atoms with E-state index in [2.05, 4.69) is 0 Å². The van der Waals surface area contributed by atoms with Crippen molar-refractivity contribution in [3.63, 3.8) is 0 Å². The maximum absolute atomic E-state index is 12.1. The fourth-order valence-corrected chi connectivity index (χ4v) is 4.80. The second-order valence-corrected chi connectivity index (χ2v) is 9.22. The minimum absolute atomic E-state index is 0.0170. The lowest BCUT2D eigenvalue weighted by molar-refractivity contribution is -0.141. The van der Waals surface area contributed by atoms with Gasteiger partial charge in [0.1, 0.15) is 17.1 Å². The van der Waals surface area contributed by atoms with Gasteiger partial charge >= 0.3 is 5.97 Å². The van der Waals surface area contributed by atoms with E-state index in [9.17, 15) is 9.90 Å². The van der Waals surface area contributed by atoms with E-state index >= 15 is 0 Å². The van der Waals surface area contributed by atoms with Crippen LogP contribution < -0.4 is 9.47 Å². The zero-order valence-corrected chi connectivity index (χ0v) is 21.1. The van der Waals surface area contributed by atoms with Gasteiger partial charge in [-0.3, -0.25) is 4.79 Å². The zero-order valence-electron chi connectivity index (χ0n) is 20.3. The minimum Gasteiger partial charge on any atom is -0.497 e. The Morgan fingerprint density at radius 1 is 0.829 bits per heavy atom. The van der Waals surface area contributed by atoms with Crippen LogP contribution in [0.4, 0.5) is 0 Å². The average Bonchev–Trinajstić information content (AvgIpc) is 2.92. The molecule has 6 nitrogen and oxygen atoms in total. The van der Waals surface area contributed by atoms with E-state index < -0.39 is 5.60 Å². The quantitative estimate of drug-likeness (QED) is 0.272.